The summed E-state index contributed by atoms with van der Waals surface area (Å²) in [5.74, 6) is 1.54. The number of hydrogen-bond donors (Lipinski definition) is 3. The lowest BCUT2D eigenvalue weighted by Gasteiger charge is -2.18. The minimum Gasteiger partial charge on any atom is -0.488 e. The van der Waals surface area contributed by atoms with E-state index in [0.29, 0.717) is 25.3 Å². The van der Waals surface area contributed by atoms with Crippen LogP contribution in [0.2, 0.25) is 0 Å². The number of aliphatic imine (C=N–C) groups is 1. The maximum absolute atomic E-state index is 11.8. The van der Waals surface area contributed by atoms with Crippen molar-refractivity contribution in [1.82, 2.24) is 16.0 Å². The largest absolute Gasteiger partial charge is 0.488 e. The van der Waals surface area contributed by atoms with Gasteiger partial charge >= 0.3 is 0 Å². The van der Waals surface area contributed by atoms with Crippen molar-refractivity contribution in [3.05, 3.63) is 64.7 Å². The molecule has 1 aliphatic rings. The molecule has 7 nitrogen and oxygen atoms in total. The van der Waals surface area contributed by atoms with Crippen LogP contribution in [0.25, 0.3) is 0 Å². The van der Waals surface area contributed by atoms with Crippen molar-refractivity contribution in [2.24, 2.45) is 4.99 Å². The first kappa shape index (κ1) is 22.6. The Morgan fingerprint density at radius 3 is 2.84 bits per heavy atom. The zero-order valence-corrected chi connectivity index (χ0v) is 18.5. The Bertz CT molecular complexity index is 907. The molecule has 1 heterocycles. The highest BCUT2D eigenvalue weighted by Gasteiger charge is 2.18. The standard InChI is InChI=1S/C24H32N4O3/c1-17-7-8-20(22(13-17)31-21-10-12-30-16-21)15-28-24(26-3)27-11-9-18-5-4-6-19(14-18)23(29)25-2/h4-8,13-14,21H,9-12,15-16H2,1-3H3,(H,25,29)(H2,26,27,28). The number of guanidine groups is 1. The van der Waals surface area contributed by atoms with Crippen molar-refractivity contribution < 1.29 is 14.3 Å². The topological polar surface area (TPSA) is 84.0 Å². The Morgan fingerprint density at radius 2 is 2.10 bits per heavy atom. The van der Waals surface area contributed by atoms with Crippen molar-refractivity contribution in [2.75, 3.05) is 33.9 Å². The smallest absolute Gasteiger partial charge is 0.251 e. The van der Waals surface area contributed by atoms with Gasteiger partial charge in [-0.05, 0) is 42.7 Å². The van der Waals surface area contributed by atoms with E-state index >= 15 is 0 Å². The van der Waals surface area contributed by atoms with Gasteiger partial charge in [-0.2, -0.15) is 0 Å². The Kier molecular flexibility index (Phi) is 8.29. The van der Waals surface area contributed by atoms with Crippen LogP contribution in [-0.2, 0) is 17.7 Å². The van der Waals surface area contributed by atoms with Gasteiger partial charge in [0.15, 0.2) is 5.96 Å². The molecule has 1 fully saturated rings. The van der Waals surface area contributed by atoms with Gasteiger partial charge < -0.3 is 25.4 Å². The van der Waals surface area contributed by atoms with Crippen LogP contribution in [0.5, 0.6) is 5.75 Å². The molecule has 166 valence electrons. The molecule has 1 atom stereocenters. The predicted octanol–water partition coefficient (Wildman–Crippen LogP) is 2.43. The van der Waals surface area contributed by atoms with Crippen LogP contribution in [0.15, 0.2) is 47.5 Å². The third-order valence-electron chi connectivity index (χ3n) is 5.20. The minimum absolute atomic E-state index is 0.0763. The lowest BCUT2D eigenvalue weighted by atomic mass is 10.1. The van der Waals surface area contributed by atoms with Crippen molar-refractivity contribution in [2.45, 2.75) is 32.4 Å². The van der Waals surface area contributed by atoms with E-state index in [2.05, 4.69) is 46.1 Å². The van der Waals surface area contributed by atoms with Gasteiger partial charge in [0.05, 0.1) is 13.2 Å². The summed E-state index contributed by atoms with van der Waals surface area (Å²) in [6.07, 6.45) is 1.82. The fraction of sp³-hybridized carbons (Fsp3) is 0.417. The summed E-state index contributed by atoms with van der Waals surface area (Å²) in [4.78, 5) is 16.1. The van der Waals surface area contributed by atoms with Gasteiger partial charge in [-0.15, -0.1) is 0 Å². The molecule has 1 aliphatic heterocycles. The summed E-state index contributed by atoms with van der Waals surface area (Å²) in [5.41, 5.74) is 4.01. The van der Waals surface area contributed by atoms with Gasteiger partial charge in [0.25, 0.3) is 5.91 Å². The lowest BCUT2D eigenvalue weighted by Crippen LogP contribution is -2.38. The number of benzene rings is 2. The molecule has 0 aliphatic carbocycles. The second kappa shape index (κ2) is 11.4. The molecule has 3 rings (SSSR count). The van der Waals surface area contributed by atoms with E-state index in [1.807, 2.05) is 24.3 Å². The molecule has 1 amide bonds. The summed E-state index contributed by atoms with van der Waals surface area (Å²) in [6.45, 7) is 4.77. The van der Waals surface area contributed by atoms with Crippen molar-refractivity contribution in [3.8, 4) is 5.75 Å². The number of aryl methyl sites for hydroxylation is 1. The van der Waals surface area contributed by atoms with Crippen LogP contribution < -0.4 is 20.7 Å². The highest BCUT2D eigenvalue weighted by Crippen LogP contribution is 2.23. The SMILES string of the molecule is CN=C(NCCc1cccc(C(=O)NC)c1)NCc1ccc(C)cc1OC1CCOC1. The Hall–Kier alpha value is -3.06. The number of nitrogens with one attached hydrogen (secondary N) is 3. The lowest BCUT2D eigenvalue weighted by molar-refractivity contribution is 0.0963. The van der Waals surface area contributed by atoms with Crippen LogP contribution in [0.4, 0.5) is 0 Å². The monoisotopic (exact) mass is 424 g/mol. The molecule has 31 heavy (non-hydrogen) atoms. The molecule has 0 aromatic heterocycles. The van der Waals surface area contributed by atoms with Crippen LogP contribution in [0, 0.1) is 6.92 Å². The van der Waals surface area contributed by atoms with E-state index in [4.69, 9.17) is 9.47 Å². The van der Waals surface area contributed by atoms with Crippen LogP contribution in [0.1, 0.15) is 33.5 Å². The second-order valence-electron chi connectivity index (χ2n) is 7.60. The fourth-order valence-corrected chi connectivity index (χ4v) is 3.44. The average Bonchev–Trinajstić information content (AvgIpc) is 3.30. The third-order valence-corrected chi connectivity index (χ3v) is 5.20. The molecule has 0 saturated carbocycles. The van der Waals surface area contributed by atoms with E-state index in [9.17, 15) is 4.79 Å². The minimum atomic E-state index is -0.0763. The van der Waals surface area contributed by atoms with Gasteiger partial charge in [-0.3, -0.25) is 9.79 Å². The first-order valence-corrected chi connectivity index (χ1v) is 10.7. The van der Waals surface area contributed by atoms with Crippen molar-refractivity contribution in [3.63, 3.8) is 0 Å². The second-order valence-corrected chi connectivity index (χ2v) is 7.60. The molecule has 1 saturated heterocycles. The molecule has 2 aromatic carbocycles. The molecule has 1 unspecified atom stereocenters. The van der Waals surface area contributed by atoms with E-state index in [1.54, 1.807) is 14.1 Å². The third kappa shape index (κ3) is 6.72. The number of hydrogen-bond acceptors (Lipinski definition) is 4. The van der Waals surface area contributed by atoms with Crippen LogP contribution in [-0.4, -0.2) is 51.8 Å². The number of carbonyl (C=O) groups is 1. The van der Waals surface area contributed by atoms with Crippen molar-refractivity contribution >= 4 is 11.9 Å². The molecular weight excluding hydrogens is 392 g/mol. The van der Waals surface area contributed by atoms with Gasteiger partial charge in [-0.1, -0.05) is 24.3 Å². The summed E-state index contributed by atoms with van der Waals surface area (Å²) in [6, 6.07) is 13.9. The van der Waals surface area contributed by atoms with Crippen molar-refractivity contribution in [1.29, 1.82) is 0 Å². The molecule has 0 radical (unpaired) electrons. The summed E-state index contributed by atoms with van der Waals surface area (Å²) < 4.78 is 11.6. The summed E-state index contributed by atoms with van der Waals surface area (Å²) >= 11 is 0. The zero-order chi connectivity index (χ0) is 22.1. The van der Waals surface area contributed by atoms with Gasteiger partial charge in [0.2, 0.25) is 0 Å². The van der Waals surface area contributed by atoms with Gasteiger partial charge in [0.1, 0.15) is 11.9 Å². The molecule has 7 heteroatoms. The number of carbonyl (C=O) groups excluding carboxylic acids is 1. The molecule has 2 aromatic rings. The number of ether oxygens (including phenoxy) is 2. The number of rotatable bonds is 8. The Balaban J connectivity index is 1.52. The first-order valence-electron chi connectivity index (χ1n) is 10.7. The highest BCUT2D eigenvalue weighted by atomic mass is 16.5. The normalized spacial score (nSPS) is 16.1. The quantitative estimate of drug-likeness (QED) is 0.448. The molecular formula is C24H32N4O3. The van der Waals surface area contributed by atoms with Crippen LogP contribution >= 0.6 is 0 Å². The number of amides is 1. The first-order chi connectivity index (χ1) is 15.1. The molecule has 0 bridgehead atoms. The van der Waals surface area contributed by atoms with E-state index in [-0.39, 0.29) is 12.0 Å². The van der Waals surface area contributed by atoms with Gasteiger partial charge in [-0.25, -0.2) is 0 Å². The maximum atomic E-state index is 11.8. The average molecular weight is 425 g/mol. The van der Waals surface area contributed by atoms with E-state index in [0.717, 1.165) is 42.3 Å². The summed E-state index contributed by atoms with van der Waals surface area (Å²) in [5, 5.41) is 9.35. The van der Waals surface area contributed by atoms with Gasteiger partial charge in [0, 0.05) is 44.7 Å². The number of nitrogens with zero attached hydrogens (tertiary/aromatic N) is 1. The van der Waals surface area contributed by atoms with Crippen LogP contribution in [0.3, 0.4) is 0 Å². The highest BCUT2D eigenvalue weighted by molar-refractivity contribution is 5.94. The Morgan fingerprint density at radius 1 is 1.23 bits per heavy atom. The van der Waals surface area contributed by atoms with E-state index < -0.39 is 0 Å². The summed E-state index contributed by atoms with van der Waals surface area (Å²) in [7, 11) is 3.39. The van der Waals surface area contributed by atoms with E-state index in [1.165, 1.54) is 5.56 Å². The zero-order valence-electron chi connectivity index (χ0n) is 18.5. The molecule has 0 spiro atoms. The fourth-order valence-electron chi connectivity index (χ4n) is 3.44. The Labute approximate surface area is 184 Å². The predicted molar refractivity (Wildman–Crippen MR) is 123 cm³/mol. The maximum Gasteiger partial charge on any atom is 0.251 e. The molecule has 3 N–H and O–H groups in total.